The molecule has 7 heteroatoms. The van der Waals surface area contributed by atoms with E-state index in [9.17, 15) is 5.11 Å². The predicted octanol–water partition coefficient (Wildman–Crippen LogP) is 11.3. The monoisotopic (exact) mass is 930 g/mol. The fourth-order valence-corrected chi connectivity index (χ4v) is 10.1. The quantitative estimate of drug-likeness (QED) is 0.230. The fraction of sp³-hybridized carbons (Fsp3) is 0.615. The maximum atomic E-state index is 10.8. The van der Waals surface area contributed by atoms with E-state index < -0.39 is 0 Å². The van der Waals surface area contributed by atoms with Gasteiger partial charge in [0.15, 0.2) is 0 Å². The van der Waals surface area contributed by atoms with Crippen molar-refractivity contribution < 1.29 is 5.11 Å². The lowest BCUT2D eigenvalue weighted by molar-refractivity contribution is 0.118. The van der Waals surface area contributed by atoms with Crippen LogP contribution >= 0.6 is 109 Å². The molecule has 2 aliphatic rings. The van der Waals surface area contributed by atoms with E-state index in [-0.39, 0.29) is 10.8 Å². The van der Waals surface area contributed by atoms with Gasteiger partial charge in [0.25, 0.3) is 0 Å². The Bertz CT molecular complexity index is 929. The Morgan fingerprint density at radius 3 is 2.15 bits per heavy atom. The second kappa shape index (κ2) is 12.2. The molecule has 5 atom stereocenters. The summed E-state index contributed by atoms with van der Waals surface area (Å²) in [6.45, 7) is 7.36. The Labute approximate surface area is 260 Å². The molecule has 0 amide bonds. The standard InChI is InChI=1S/C26H32Br4I2O/c1-25(2)19(15(13-31)4-6-22(25)29)8-9-26(3)20(16(14-32)5-7-23(26)30)11-17-10-18(27)12-21(28)24(17)33/h10,12-14,19-20,22-23,33H,4-9,11H2,1-3H3/b15-13+,16-14+/t19-,20-,22+,23+,26+/m1/s1. The minimum absolute atomic E-state index is 0.113. The zero-order valence-electron chi connectivity index (χ0n) is 19.3. The Balaban J connectivity index is 1.94. The molecule has 3 rings (SSSR count). The van der Waals surface area contributed by atoms with Crippen LogP contribution in [0.3, 0.4) is 0 Å². The first kappa shape index (κ1) is 29.4. The summed E-state index contributed by atoms with van der Waals surface area (Å²) >= 11 is 20.2. The van der Waals surface area contributed by atoms with Crippen LogP contribution in [0.4, 0.5) is 0 Å². The van der Waals surface area contributed by atoms with Crippen LogP contribution in [0.1, 0.15) is 64.9 Å². The second-order valence-electron chi connectivity index (χ2n) is 10.5. The van der Waals surface area contributed by atoms with Gasteiger partial charge in [0, 0.05) is 14.1 Å². The second-order valence-corrected chi connectivity index (χ2v) is 15.7. The number of phenolic OH excluding ortho intramolecular Hbond substituents is 1. The first-order valence-electron chi connectivity index (χ1n) is 11.5. The molecular weight excluding hydrogens is 902 g/mol. The highest BCUT2D eigenvalue weighted by Gasteiger charge is 2.47. The van der Waals surface area contributed by atoms with Gasteiger partial charge in [-0.15, -0.1) is 0 Å². The van der Waals surface area contributed by atoms with E-state index >= 15 is 0 Å². The highest BCUT2D eigenvalue weighted by atomic mass is 127. The lowest BCUT2D eigenvalue weighted by atomic mass is 9.58. The molecule has 33 heavy (non-hydrogen) atoms. The number of aromatic hydroxyl groups is 1. The summed E-state index contributed by atoms with van der Waals surface area (Å²) in [5.74, 6) is 1.35. The van der Waals surface area contributed by atoms with Crippen molar-refractivity contribution in [3.63, 3.8) is 0 Å². The number of allylic oxidation sites excluding steroid dienone is 2. The first-order chi connectivity index (χ1) is 15.4. The van der Waals surface area contributed by atoms with Crippen LogP contribution in [0.5, 0.6) is 5.75 Å². The summed E-state index contributed by atoms with van der Waals surface area (Å²) in [4.78, 5) is 1.02. The van der Waals surface area contributed by atoms with Gasteiger partial charge in [0.05, 0.1) is 4.47 Å². The number of hydrogen-bond acceptors (Lipinski definition) is 1. The summed E-state index contributed by atoms with van der Waals surface area (Å²) in [6, 6.07) is 4.00. The molecule has 1 aromatic carbocycles. The maximum Gasteiger partial charge on any atom is 0.133 e. The van der Waals surface area contributed by atoms with Gasteiger partial charge < -0.3 is 5.11 Å². The van der Waals surface area contributed by atoms with Crippen molar-refractivity contribution in [2.24, 2.45) is 22.7 Å². The van der Waals surface area contributed by atoms with Crippen LogP contribution in [0.2, 0.25) is 0 Å². The highest BCUT2D eigenvalue weighted by molar-refractivity contribution is 14.1. The molecule has 0 aromatic heterocycles. The Morgan fingerprint density at radius 2 is 1.55 bits per heavy atom. The lowest BCUT2D eigenvalue weighted by Crippen LogP contribution is -2.44. The summed E-state index contributed by atoms with van der Waals surface area (Å²) in [5, 5.41) is 10.8. The van der Waals surface area contributed by atoms with Crippen LogP contribution in [-0.4, -0.2) is 14.8 Å². The third-order valence-corrected chi connectivity index (χ3v) is 14.1. The van der Waals surface area contributed by atoms with Crippen LogP contribution in [0.15, 0.2) is 40.4 Å². The van der Waals surface area contributed by atoms with Crippen molar-refractivity contribution in [3.05, 3.63) is 46.0 Å². The third kappa shape index (κ3) is 6.31. The van der Waals surface area contributed by atoms with Crippen LogP contribution in [-0.2, 0) is 6.42 Å². The third-order valence-electron chi connectivity index (χ3n) is 8.27. The van der Waals surface area contributed by atoms with Crippen molar-refractivity contribution >= 4 is 109 Å². The number of alkyl halides is 2. The van der Waals surface area contributed by atoms with E-state index in [4.69, 9.17) is 0 Å². The maximum absolute atomic E-state index is 10.8. The Kier molecular flexibility index (Phi) is 10.8. The molecule has 2 fully saturated rings. The molecule has 0 aliphatic heterocycles. The SMILES string of the molecule is CC1(C)[C@H](CC[C@@]2(C)[C@H](Cc3cc(Br)cc(Br)c3O)/C(=C/I)CC[C@@H]2Br)/C(=C/I)CC[C@@H]1Br. The molecule has 2 saturated carbocycles. The van der Waals surface area contributed by atoms with Gasteiger partial charge >= 0.3 is 0 Å². The van der Waals surface area contributed by atoms with Crippen molar-refractivity contribution in [2.75, 3.05) is 0 Å². The van der Waals surface area contributed by atoms with Gasteiger partial charge in [-0.2, -0.15) is 0 Å². The summed E-state index contributed by atoms with van der Waals surface area (Å²) < 4.78 is 6.41. The largest absolute Gasteiger partial charge is 0.506 e. The summed E-state index contributed by atoms with van der Waals surface area (Å²) in [6.07, 6.45) is 7.91. The van der Waals surface area contributed by atoms with E-state index in [1.807, 2.05) is 6.07 Å². The highest BCUT2D eigenvalue weighted by Crippen LogP contribution is 2.56. The smallest absolute Gasteiger partial charge is 0.133 e. The number of rotatable bonds is 5. The van der Waals surface area contributed by atoms with E-state index in [0.29, 0.717) is 27.2 Å². The number of phenols is 1. The summed E-state index contributed by atoms with van der Waals surface area (Å²) in [7, 11) is 0. The molecule has 0 radical (unpaired) electrons. The van der Waals surface area contributed by atoms with Crippen molar-refractivity contribution in [1.29, 1.82) is 0 Å². The molecule has 1 nitrogen and oxygen atoms in total. The van der Waals surface area contributed by atoms with Gasteiger partial charge in [-0.05, 0) is 109 Å². The molecule has 0 saturated heterocycles. The van der Waals surface area contributed by atoms with Crippen LogP contribution < -0.4 is 0 Å². The number of benzene rings is 1. The molecule has 0 unspecified atom stereocenters. The van der Waals surface area contributed by atoms with Gasteiger partial charge in [0.1, 0.15) is 5.75 Å². The zero-order chi connectivity index (χ0) is 24.6. The first-order valence-corrected chi connectivity index (χ1v) is 17.4. The molecular formula is C26H32Br4I2O. The fourth-order valence-electron chi connectivity index (χ4n) is 5.94. The molecule has 1 N–H and O–H groups in total. The molecule has 2 aliphatic carbocycles. The molecule has 1 aromatic rings. The Morgan fingerprint density at radius 1 is 0.970 bits per heavy atom. The van der Waals surface area contributed by atoms with Gasteiger partial charge in [-0.25, -0.2) is 0 Å². The van der Waals surface area contributed by atoms with E-state index in [0.717, 1.165) is 27.4 Å². The average Bonchev–Trinajstić information content (AvgIpc) is 2.76. The summed E-state index contributed by atoms with van der Waals surface area (Å²) in [5.41, 5.74) is 4.51. The van der Waals surface area contributed by atoms with Crippen molar-refractivity contribution in [2.45, 2.75) is 75.4 Å². The van der Waals surface area contributed by atoms with Crippen molar-refractivity contribution in [3.8, 4) is 5.75 Å². The van der Waals surface area contributed by atoms with Gasteiger partial charge in [-0.3, -0.25) is 0 Å². The number of hydrogen-bond donors (Lipinski definition) is 1. The lowest BCUT2D eigenvalue weighted by Gasteiger charge is -2.50. The van der Waals surface area contributed by atoms with Crippen LogP contribution in [0.25, 0.3) is 0 Å². The zero-order valence-corrected chi connectivity index (χ0v) is 29.9. The van der Waals surface area contributed by atoms with Crippen LogP contribution in [0, 0.1) is 22.7 Å². The number of halogens is 6. The van der Waals surface area contributed by atoms with Gasteiger partial charge in [0.2, 0.25) is 0 Å². The molecule has 0 bridgehead atoms. The Hall–Kier alpha value is 1.88. The minimum Gasteiger partial charge on any atom is -0.506 e. The van der Waals surface area contributed by atoms with E-state index in [2.05, 4.69) is 144 Å². The van der Waals surface area contributed by atoms with E-state index in [1.165, 1.54) is 37.7 Å². The van der Waals surface area contributed by atoms with Crippen molar-refractivity contribution in [1.82, 2.24) is 0 Å². The normalized spacial score (nSPS) is 34.7. The molecule has 0 spiro atoms. The molecule has 0 heterocycles. The topological polar surface area (TPSA) is 20.2 Å². The van der Waals surface area contributed by atoms with E-state index in [1.54, 1.807) is 5.57 Å². The average molecular weight is 934 g/mol. The minimum atomic E-state index is 0.113. The predicted molar refractivity (Wildman–Crippen MR) is 173 cm³/mol. The van der Waals surface area contributed by atoms with Gasteiger partial charge in [-0.1, -0.05) is 125 Å². The molecule has 184 valence electrons.